The van der Waals surface area contributed by atoms with Gasteiger partial charge in [0.05, 0.1) is 18.3 Å². The number of rotatable bonds is 6. The maximum Gasteiger partial charge on any atom is 0.0814 e. The molecule has 2 aromatic rings. The second kappa shape index (κ2) is 8.80. The Balaban J connectivity index is 1.53. The zero-order valence-electron chi connectivity index (χ0n) is 13.9. The van der Waals surface area contributed by atoms with Crippen molar-refractivity contribution in [2.45, 2.75) is 55.2 Å². The predicted molar refractivity (Wildman–Crippen MR) is 101 cm³/mol. The summed E-state index contributed by atoms with van der Waals surface area (Å²) in [4.78, 5) is 0.472. The maximum atomic E-state index is 10.5. The molecule has 2 nitrogen and oxygen atoms in total. The topological polar surface area (TPSA) is 29.5 Å². The lowest BCUT2D eigenvalue weighted by Crippen LogP contribution is -2.34. The molecule has 3 heteroatoms. The third-order valence-corrected chi connectivity index (χ3v) is 5.44. The zero-order chi connectivity index (χ0) is 16.8. The first-order valence-corrected chi connectivity index (χ1v) is 9.68. The van der Waals surface area contributed by atoms with E-state index in [1.165, 1.54) is 5.56 Å². The molecule has 1 aliphatic rings. The molecule has 0 radical (unpaired) electrons. The van der Waals surface area contributed by atoms with Gasteiger partial charge in [-0.15, -0.1) is 0 Å². The van der Waals surface area contributed by atoms with E-state index in [4.69, 9.17) is 4.74 Å². The van der Waals surface area contributed by atoms with Gasteiger partial charge in [-0.2, -0.15) is 0 Å². The second-order valence-electron chi connectivity index (χ2n) is 6.64. The van der Waals surface area contributed by atoms with Gasteiger partial charge in [-0.05, 0) is 36.8 Å². The highest BCUT2D eigenvalue weighted by Crippen LogP contribution is 2.32. The third-order valence-electron chi connectivity index (χ3n) is 4.69. The van der Waals surface area contributed by atoms with Gasteiger partial charge < -0.3 is 9.84 Å². The van der Waals surface area contributed by atoms with Gasteiger partial charge in [-0.3, -0.25) is 0 Å². The van der Waals surface area contributed by atoms with Crippen LogP contribution in [0.25, 0.3) is 0 Å². The lowest BCUT2D eigenvalue weighted by atomic mass is 9.94. The van der Waals surface area contributed by atoms with Crippen LogP contribution in [0.3, 0.4) is 0 Å². The number of hydrogen-bond donors (Lipinski definition) is 1. The number of halogens is 1. The molecule has 128 valence electrons. The Hall–Kier alpha value is -1.16. The molecule has 1 N–H and O–H groups in total. The van der Waals surface area contributed by atoms with Crippen LogP contribution in [-0.2, 0) is 11.2 Å². The molecule has 1 aliphatic heterocycles. The number of alkyl halides is 1. The number of benzene rings is 2. The van der Waals surface area contributed by atoms with E-state index in [1.807, 2.05) is 30.3 Å². The summed E-state index contributed by atoms with van der Waals surface area (Å²) in [7, 11) is 0. The molecule has 0 amide bonds. The van der Waals surface area contributed by atoms with Crippen LogP contribution in [0.4, 0.5) is 0 Å². The molecule has 2 aromatic carbocycles. The SMILES string of the molecule is OC(C[C@@H]1C[C@H](Br)C[C@H](CCc2ccccc2)O1)c1ccccc1. The van der Waals surface area contributed by atoms with Gasteiger partial charge in [0.25, 0.3) is 0 Å². The molecule has 1 unspecified atom stereocenters. The van der Waals surface area contributed by atoms with Crippen LogP contribution in [-0.4, -0.2) is 22.1 Å². The van der Waals surface area contributed by atoms with Crippen LogP contribution in [0.2, 0.25) is 0 Å². The van der Waals surface area contributed by atoms with Gasteiger partial charge in [0.2, 0.25) is 0 Å². The Morgan fingerprint density at radius 3 is 2.29 bits per heavy atom. The summed E-state index contributed by atoms with van der Waals surface area (Å²) in [5, 5.41) is 10.5. The van der Waals surface area contributed by atoms with Crippen LogP contribution in [0.5, 0.6) is 0 Å². The van der Waals surface area contributed by atoms with E-state index < -0.39 is 6.10 Å². The minimum absolute atomic E-state index is 0.110. The molecular weight excluding hydrogens is 364 g/mol. The Morgan fingerprint density at radius 2 is 1.58 bits per heavy atom. The van der Waals surface area contributed by atoms with E-state index in [-0.39, 0.29) is 12.2 Å². The summed E-state index contributed by atoms with van der Waals surface area (Å²) >= 11 is 3.78. The Morgan fingerprint density at radius 1 is 0.958 bits per heavy atom. The fraction of sp³-hybridized carbons (Fsp3) is 0.429. The smallest absolute Gasteiger partial charge is 0.0814 e. The molecule has 24 heavy (non-hydrogen) atoms. The number of hydrogen-bond acceptors (Lipinski definition) is 2. The highest BCUT2D eigenvalue weighted by atomic mass is 79.9. The molecule has 0 aromatic heterocycles. The Bertz CT molecular complexity index is 602. The lowest BCUT2D eigenvalue weighted by molar-refractivity contribution is -0.0685. The summed E-state index contributed by atoms with van der Waals surface area (Å²) < 4.78 is 6.28. The molecule has 0 bridgehead atoms. The molecule has 0 spiro atoms. The molecule has 1 saturated heterocycles. The van der Waals surface area contributed by atoms with Gasteiger partial charge >= 0.3 is 0 Å². The van der Waals surface area contributed by atoms with E-state index in [0.717, 1.165) is 31.2 Å². The van der Waals surface area contributed by atoms with Crippen LogP contribution in [0, 0.1) is 0 Å². The minimum atomic E-state index is -0.455. The van der Waals surface area contributed by atoms with Crippen molar-refractivity contribution >= 4 is 15.9 Å². The second-order valence-corrected chi connectivity index (χ2v) is 7.93. The van der Waals surface area contributed by atoms with Crippen LogP contribution < -0.4 is 0 Å². The molecule has 1 heterocycles. The molecular formula is C21H25BrO2. The Labute approximate surface area is 153 Å². The first-order chi connectivity index (χ1) is 11.7. The number of aliphatic hydroxyl groups is 1. The summed E-state index contributed by atoms with van der Waals surface area (Å²) in [6, 6.07) is 20.4. The normalized spacial score (nSPS) is 25.3. The van der Waals surface area contributed by atoms with Gasteiger partial charge in [-0.1, -0.05) is 76.6 Å². The van der Waals surface area contributed by atoms with Crippen molar-refractivity contribution in [3.63, 3.8) is 0 Å². The van der Waals surface area contributed by atoms with E-state index in [2.05, 4.69) is 46.3 Å². The van der Waals surface area contributed by atoms with Crippen LogP contribution in [0.1, 0.15) is 42.9 Å². The van der Waals surface area contributed by atoms with Crippen molar-refractivity contribution in [1.82, 2.24) is 0 Å². The van der Waals surface area contributed by atoms with Crippen molar-refractivity contribution in [2.24, 2.45) is 0 Å². The van der Waals surface area contributed by atoms with Gasteiger partial charge in [0.15, 0.2) is 0 Å². The van der Waals surface area contributed by atoms with E-state index in [9.17, 15) is 5.11 Å². The zero-order valence-corrected chi connectivity index (χ0v) is 15.4. The first-order valence-electron chi connectivity index (χ1n) is 8.77. The average Bonchev–Trinajstić information content (AvgIpc) is 2.61. The first kappa shape index (κ1) is 17.7. The summed E-state index contributed by atoms with van der Waals surface area (Å²) in [6.07, 6.45) is 4.66. The van der Waals surface area contributed by atoms with Crippen molar-refractivity contribution in [2.75, 3.05) is 0 Å². The molecule has 0 saturated carbocycles. The highest BCUT2D eigenvalue weighted by molar-refractivity contribution is 9.09. The van der Waals surface area contributed by atoms with E-state index in [1.54, 1.807) is 0 Å². The van der Waals surface area contributed by atoms with Crippen molar-refractivity contribution in [3.8, 4) is 0 Å². The van der Waals surface area contributed by atoms with Crippen LogP contribution in [0.15, 0.2) is 60.7 Å². The standard InChI is InChI=1S/C21H25BrO2/c22-18-13-19(12-11-16-7-3-1-4-8-16)24-20(14-18)15-21(23)17-9-5-2-6-10-17/h1-10,18-21,23H,11-15H2/t18-,19+,20+,21?/m1/s1. The van der Waals surface area contributed by atoms with Gasteiger partial charge in [-0.25, -0.2) is 0 Å². The lowest BCUT2D eigenvalue weighted by Gasteiger charge is -2.34. The summed E-state index contributed by atoms with van der Waals surface area (Å²) in [6.45, 7) is 0. The largest absolute Gasteiger partial charge is 0.388 e. The summed E-state index contributed by atoms with van der Waals surface area (Å²) in [5.41, 5.74) is 2.33. The van der Waals surface area contributed by atoms with Crippen molar-refractivity contribution < 1.29 is 9.84 Å². The fourth-order valence-corrected chi connectivity index (χ4v) is 4.25. The molecule has 0 aliphatic carbocycles. The Kier molecular flexibility index (Phi) is 6.47. The van der Waals surface area contributed by atoms with Crippen molar-refractivity contribution in [1.29, 1.82) is 0 Å². The monoisotopic (exact) mass is 388 g/mol. The minimum Gasteiger partial charge on any atom is -0.388 e. The molecule has 1 fully saturated rings. The van der Waals surface area contributed by atoms with Gasteiger partial charge in [0, 0.05) is 11.2 Å². The van der Waals surface area contributed by atoms with Crippen LogP contribution >= 0.6 is 15.9 Å². The molecule has 4 atom stereocenters. The fourth-order valence-electron chi connectivity index (χ4n) is 3.42. The quantitative estimate of drug-likeness (QED) is 0.701. The predicted octanol–water partition coefficient (Wildman–Crippen LogP) is 5.05. The third kappa shape index (κ3) is 5.17. The maximum absolute atomic E-state index is 10.5. The summed E-state index contributed by atoms with van der Waals surface area (Å²) in [5.74, 6) is 0. The van der Waals surface area contributed by atoms with Gasteiger partial charge in [0.1, 0.15) is 0 Å². The van der Waals surface area contributed by atoms with E-state index in [0.29, 0.717) is 11.2 Å². The number of ether oxygens (including phenoxy) is 1. The number of aliphatic hydroxyl groups excluding tert-OH is 1. The van der Waals surface area contributed by atoms with E-state index >= 15 is 0 Å². The van der Waals surface area contributed by atoms with Crippen molar-refractivity contribution in [3.05, 3.63) is 71.8 Å². The molecule has 3 rings (SSSR count). The highest BCUT2D eigenvalue weighted by Gasteiger charge is 2.29. The average molecular weight is 389 g/mol. The number of aryl methyl sites for hydroxylation is 1.